The topological polar surface area (TPSA) is 138 Å². The molecule has 40 heavy (non-hydrogen) atoms. The maximum Gasteiger partial charge on any atom is 0.492 e. The van der Waals surface area contributed by atoms with Crippen molar-refractivity contribution in [3.8, 4) is 22.8 Å². The van der Waals surface area contributed by atoms with E-state index in [1.807, 2.05) is 74.5 Å². The summed E-state index contributed by atoms with van der Waals surface area (Å²) in [5, 5.41) is 31.4. The van der Waals surface area contributed by atoms with Gasteiger partial charge in [0.25, 0.3) is 5.89 Å². The van der Waals surface area contributed by atoms with Gasteiger partial charge in [0.1, 0.15) is 5.82 Å². The lowest BCUT2D eigenvalue weighted by Crippen LogP contribution is -2.28. The van der Waals surface area contributed by atoms with Gasteiger partial charge in [-0.15, -0.1) is 0 Å². The Labute approximate surface area is 231 Å². The molecule has 6 rings (SSSR count). The molecule has 0 amide bonds. The Bertz CT molecular complexity index is 1630. The summed E-state index contributed by atoms with van der Waals surface area (Å²) in [6.07, 6.45) is 4.99. The lowest BCUT2D eigenvalue weighted by Gasteiger charge is -2.21. The number of nitrogens with one attached hydrogen (secondary N) is 2. The van der Waals surface area contributed by atoms with Gasteiger partial charge in [0.05, 0.1) is 29.5 Å². The van der Waals surface area contributed by atoms with Gasteiger partial charge in [-0.2, -0.15) is 4.98 Å². The van der Waals surface area contributed by atoms with Crippen LogP contribution in [0.1, 0.15) is 31.0 Å². The zero-order chi connectivity index (χ0) is 27.7. The second-order valence-electron chi connectivity index (χ2n) is 9.98. The Morgan fingerprint density at radius 2 is 1.88 bits per heavy atom. The summed E-state index contributed by atoms with van der Waals surface area (Å²) in [6.45, 7) is 3.70. The SMILES string of the molecule is CC1(C)OB(O)c2ccc(Nc3cc(N[C@H](CO)c4ccccc4)c(-c4nc(-c5cccnc5)no4)cn3)cc21. The molecule has 0 radical (unpaired) electrons. The third kappa shape index (κ3) is 5.05. The van der Waals surface area contributed by atoms with Crippen molar-refractivity contribution in [3.63, 3.8) is 0 Å². The Morgan fingerprint density at radius 1 is 1.02 bits per heavy atom. The van der Waals surface area contributed by atoms with Gasteiger partial charge in [0.15, 0.2) is 0 Å². The fraction of sp³-hybridized carbons (Fsp3) is 0.172. The second kappa shape index (κ2) is 10.5. The van der Waals surface area contributed by atoms with Gasteiger partial charge in [-0.25, -0.2) is 4.98 Å². The summed E-state index contributed by atoms with van der Waals surface area (Å²) in [4.78, 5) is 13.3. The van der Waals surface area contributed by atoms with E-state index in [9.17, 15) is 10.1 Å². The van der Waals surface area contributed by atoms with Crippen molar-refractivity contribution in [2.24, 2.45) is 0 Å². The zero-order valence-corrected chi connectivity index (χ0v) is 21.9. The van der Waals surface area contributed by atoms with E-state index in [-0.39, 0.29) is 12.5 Å². The van der Waals surface area contributed by atoms with Gasteiger partial charge in [-0.3, -0.25) is 4.98 Å². The number of hydrogen-bond donors (Lipinski definition) is 4. The highest BCUT2D eigenvalue weighted by Gasteiger charge is 2.40. The molecule has 4 heterocycles. The first kappa shape index (κ1) is 25.7. The molecule has 0 spiro atoms. The Morgan fingerprint density at radius 3 is 2.65 bits per heavy atom. The average Bonchev–Trinajstić information content (AvgIpc) is 3.55. The molecule has 0 unspecified atom stereocenters. The van der Waals surface area contributed by atoms with Crippen molar-refractivity contribution < 1.29 is 19.3 Å². The highest BCUT2D eigenvalue weighted by Crippen LogP contribution is 2.35. The second-order valence-corrected chi connectivity index (χ2v) is 9.98. The number of rotatable bonds is 8. The summed E-state index contributed by atoms with van der Waals surface area (Å²) in [7, 11) is -0.952. The monoisotopic (exact) mass is 534 g/mol. The normalized spacial score (nSPS) is 14.6. The molecule has 3 aromatic heterocycles. The van der Waals surface area contributed by atoms with Gasteiger partial charge < -0.3 is 29.9 Å². The Hall–Kier alpha value is -4.58. The zero-order valence-electron chi connectivity index (χ0n) is 21.9. The lowest BCUT2D eigenvalue weighted by molar-refractivity contribution is 0.101. The van der Waals surface area contributed by atoms with E-state index in [0.29, 0.717) is 22.9 Å². The van der Waals surface area contributed by atoms with Crippen molar-refractivity contribution >= 4 is 29.8 Å². The fourth-order valence-electron chi connectivity index (χ4n) is 4.79. The smallest absolute Gasteiger partial charge is 0.423 e. The molecule has 1 atom stereocenters. The van der Waals surface area contributed by atoms with Crippen molar-refractivity contribution in [2.75, 3.05) is 17.2 Å². The number of benzene rings is 2. The third-order valence-electron chi connectivity index (χ3n) is 6.84. The minimum Gasteiger partial charge on any atom is -0.423 e. The van der Waals surface area contributed by atoms with Gasteiger partial charge in [0.2, 0.25) is 5.82 Å². The lowest BCUT2D eigenvalue weighted by atomic mass is 9.78. The summed E-state index contributed by atoms with van der Waals surface area (Å²) < 4.78 is 11.3. The van der Waals surface area contributed by atoms with Gasteiger partial charge in [0, 0.05) is 35.9 Å². The predicted octanol–water partition coefficient (Wildman–Crippen LogP) is 4.04. The van der Waals surface area contributed by atoms with E-state index in [0.717, 1.165) is 27.8 Å². The van der Waals surface area contributed by atoms with Crippen LogP contribution in [0.25, 0.3) is 22.8 Å². The van der Waals surface area contributed by atoms with Crippen LogP contribution in [0.4, 0.5) is 17.2 Å². The number of aromatic nitrogens is 4. The maximum absolute atomic E-state index is 10.2. The number of hydrogen-bond acceptors (Lipinski definition) is 10. The first-order valence-electron chi connectivity index (χ1n) is 12.9. The molecule has 0 aliphatic carbocycles. The summed E-state index contributed by atoms with van der Waals surface area (Å²) in [5.74, 6) is 1.24. The highest BCUT2D eigenvalue weighted by atomic mass is 16.5. The van der Waals surface area contributed by atoms with Crippen LogP contribution in [0.5, 0.6) is 0 Å². The van der Waals surface area contributed by atoms with Crippen molar-refractivity contribution in [1.29, 1.82) is 0 Å². The first-order valence-corrected chi connectivity index (χ1v) is 12.9. The maximum atomic E-state index is 10.2. The molecule has 1 aliphatic rings. The summed E-state index contributed by atoms with van der Waals surface area (Å²) in [6, 6.07) is 20.4. The number of pyridine rings is 2. The van der Waals surface area contributed by atoms with Gasteiger partial charge >= 0.3 is 7.12 Å². The molecule has 11 heteroatoms. The number of aliphatic hydroxyl groups excluding tert-OH is 1. The van der Waals surface area contributed by atoms with Crippen LogP contribution >= 0.6 is 0 Å². The fourth-order valence-corrected chi connectivity index (χ4v) is 4.79. The molecular formula is C29H27BN6O4. The van der Waals surface area contributed by atoms with Crippen LogP contribution in [-0.4, -0.2) is 44.0 Å². The van der Waals surface area contributed by atoms with Crippen LogP contribution in [0.15, 0.2) is 89.8 Å². The third-order valence-corrected chi connectivity index (χ3v) is 6.84. The average molecular weight is 534 g/mol. The largest absolute Gasteiger partial charge is 0.492 e. The Balaban J connectivity index is 1.36. The van der Waals surface area contributed by atoms with E-state index in [1.165, 1.54) is 0 Å². The minimum absolute atomic E-state index is 0.137. The molecular weight excluding hydrogens is 507 g/mol. The molecule has 1 aliphatic heterocycles. The molecule has 2 aromatic carbocycles. The van der Waals surface area contributed by atoms with Crippen molar-refractivity contribution in [1.82, 2.24) is 20.1 Å². The highest BCUT2D eigenvalue weighted by molar-refractivity contribution is 6.62. The molecule has 0 fully saturated rings. The van der Waals surface area contributed by atoms with E-state index < -0.39 is 18.8 Å². The minimum atomic E-state index is -0.952. The first-order chi connectivity index (χ1) is 19.4. The quantitative estimate of drug-likeness (QED) is 0.216. The van der Waals surface area contributed by atoms with E-state index in [4.69, 9.17) is 9.18 Å². The number of aliphatic hydroxyl groups is 1. The Kier molecular flexibility index (Phi) is 6.77. The standard InChI is InChI=1S/C29H27BN6O4/c1-29(2)22-13-20(10-11-23(22)30(38)40-29)33-26-14-24(34-25(17-37)18-7-4-3-5-8-18)21(16-32-26)28-35-27(36-39-28)19-9-6-12-31-15-19/h3-16,25,37-38H,17H2,1-2H3,(H2,32,33,34)/t25-/m1/s1. The summed E-state index contributed by atoms with van der Waals surface area (Å²) in [5.41, 5.74) is 4.68. The van der Waals surface area contributed by atoms with Crippen molar-refractivity contribution in [2.45, 2.75) is 25.5 Å². The molecule has 5 aromatic rings. The van der Waals surface area contributed by atoms with Crippen LogP contribution in [0, 0.1) is 0 Å². The molecule has 4 N–H and O–H groups in total. The molecule has 0 bridgehead atoms. The molecule has 0 saturated carbocycles. The number of nitrogens with zero attached hydrogens (tertiary/aromatic N) is 4. The van der Waals surface area contributed by atoms with Gasteiger partial charge in [-0.05, 0) is 54.7 Å². The molecule has 10 nitrogen and oxygen atoms in total. The molecule has 200 valence electrons. The predicted molar refractivity (Wildman–Crippen MR) is 152 cm³/mol. The van der Waals surface area contributed by atoms with Crippen LogP contribution < -0.4 is 16.1 Å². The van der Waals surface area contributed by atoms with E-state index in [1.54, 1.807) is 24.7 Å². The van der Waals surface area contributed by atoms with E-state index >= 15 is 0 Å². The molecule has 0 saturated heterocycles. The number of anilines is 3. The van der Waals surface area contributed by atoms with Crippen LogP contribution in [0.3, 0.4) is 0 Å². The number of fused-ring (bicyclic) bond motifs is 1. The van der Waals surface area contributed by atoms with Crippen LogP contribution in [0.2, 0.25) is 0 Å². The summed E-state index contributed by atoms with van der Waals surface area (Å²) >= 11 is 0. The van der Waals surface area contributed by atoms with Crippen LogP contribution in [-0.2, 0) is 10.3 Å². The van der Waals surface area contributed by atoms with Crippen molar-refractivity contribution in [3.05, 3.63) is 96.4 Å². The van der Waals surface area contributed by atoms with Gasteiger partial charge in [-0.1, -0.05) is 41.6 Å². The van der Waals surface area contributed by atoms with E-state index in [2.05, 4.69) is 30.7 Å².